The highest BCUT2D eigenvalue weighted by Crippen LogP contribution is 2.33. The minimum atomic E-state index is -3.58. The Labute approximate surface area is 199 Å². The van der Waals surface area contributed by atoms with E-state index in [9.17, 15) is 18.0 Å². The van der Waals surface area contributed by atoms with Crippen LogP contribution < -0.4 is 15.0 Å². The highest BCUT2D eigenvalue weighted by atomic mass is 35.5. The second-order valence-corrected chi connectivity index (χ2v) is 10.1. The Morgan fingerprint density at radius 3 is 2.42 bits per heavy atom. The van der Waals surface area contributed by atoms with Gasteiger partial charge in [0.25, 0.3) is 0 Å². The molecule has 1 saturated heterocycles. The van der Waals surface area contributed by atoms with Crippen LogP contribution in [0, 0.1) is 12.8 Å². The molecule has 8 nitrogen and oxygen atoms in total. The van der Waals surface area contributed by atoms with Crippen LogP contribution in [0.1, 0.15) is 25.8 Å². The first-order valence-electron chi connectivity index (χ1n) is 10.7. The fourth-order valence-electron chi connectivity index (χ4n) is 3.81. The number of amides is 2. The van der Waals surface area contributed by atoms with Gasteiger partial charge >= 0.3 is 0 Å². The number of halogens is 1. The van der Waals surface area contributed by atoms with Crippen LogP contribution in [0.15, 0.2) is 41.3 Å². The van der Waals surface area contributed by atoms with E-state index in [2.05, 4.69) is 5.32 Å². The van der Waals surface area contributed by atoms with E-state index in [1.54, 1.807) is 38.1 Å². The zero-order valence-electron chi connectivity index (χ0n) is 19.1. The number of carbonyl (C=O) groups excluding carboxylic acids is 2. The van der Waals surface area contributed by atoms with Crippen molar-refractivity contribution in [2.24, 2.45) is 5.92 Å². The van der Waals surface area contributed by atoms with Gasteiger partial charge in [-0.15, -0.1) is 0 Å². The molecule has 2 amide bonds. The fraction of sp³-hybridized carbons (Fsp3) is 0.391. The van der Waals surface area contributed by atoms with Crippen molar-refractivity contribution in [3.8, 4) is 5.75 Å². The molecule has 1 aliphatic heterocycles. The average molecular weight is 494 g/mol. The lowest BCUT2D eigenvalue weighted by molar-refractivity contribution is -0.122. The number of hydrogen-bond donors (Lipinski definition) is 1. The maximum Gasteiger partial charge on any atom is 0.243 e. The lowest BCUT2D eigenvalue weighted by atomic mass is 10.1. The minimum absolute atomic E-state index is 0.0558. The number of nitrogens with zero attached hydrogens (tertiary/aromatic N) is 2. The second-order valence-electron chi connectivity index (χ2n) is 7.78. The zero-order valence-corrected chi connectivity index (χ0v) is 20.7. The van der Waals surface area contributed by atoms with Crippen LogP contribution in [0.4, 0.5) is 11.4 Å². The van der Waals surface area contributed by atoms with E-state index in [1.165, 1.54) is 28.4 Å². The number of sulfonamides is 1. The highest BCUT2D eigenvalue weighted by Gasteiger charge is 2.35. The van der Waals surface area contributed by atoms with Crippen LogP contribution in [-0.4, -0.2) is 51.3 Å². The van der Waals surface area contributed by atoms with Gasteiger partial charge in [-0.1, -0.05) is 25.4 Å². The Hall–Kier alpha value is -2.62. The normalized spacial score (nSPS) is 16.4. The molecule has 1 aliphatic rings. The van der Waals surface area contributed by atoms with Crippen LogP contribution in [0.3, 0.4) is 0 Å². The number of methoxy groups -OCH3 is 1. The van der Waals surface area contributed by atoms with E-state index in [1.807, 2.05) is 6.92 Å². The summed E-state index contributed by atoms with van der Waals surface area (Å²) in [5.41, 5.74) is 1.83. The molecule has 1 atom stereocenters. The van der Waals surface area contributed by atoms with Crippen molar-refractivity contribution in [3.63, 3.8) is 0 Å². The first kappa shape index (κ1) is 25.0. The van der Waals surface area contributed by atoms with Gasteiger partial charge in [-0.3, -0.25) is 9.59 Å². The first-order chi connectivity index (χ1) is 15.6. The molecule has 178 valence electrons. The Balaban J connectivity index is 1.74. The number of carbonyl (C=O) groups is 2. The van der Waals surface area contributed by atoms with Gasteiger partial charge in [0.1, 0.15) is 5.75 Å². The van der Waals surface area contributed by atoms with Crippen LogP contribution in [0.5, 0.6) is 5.75 Å². The summed E-state index contributed by atoms with van der Waals surface area (Å²) in [5, 5.41) is 3.36. The SMILES string of the molecule is CCN(CC)S(=O)(=O)c1ccc(N2C[C@@H](C(=O)Nc3cc(C)c(Cl)cc3OC)CC2=O)cc1. The minimum Gasteiger partial charge on any atom is -0.495 e. The standard InChI is InChI=1S/C23H28ClN3O5S/c1-5-26(6-2)33(30,31)18-9-7-17(8-10-18)27-14-16(12-22(27)28)23(29)25-20-11-15(3)19(24)13-21(20)32-4/h7-11,13,16H,5-6,12,14H2,1-4H3,(H,25,29)/t16-/m0/s1. The summed E-state index contributed by atoms with van der Waals surface area (Å²) < 4.78 is 32.0. The van der Waals surface area contributed by atoms with Crippen molar-refractivity contribution >= 4 is 44.8 Å². The first-order valence-corrected chi connectivity index (χ1v) is 12.5. The van der Waals surface area contributed by atoms with Gasteiger partial charge in [0.05, 0.1) is 23.6 Å². The summed E-state index contributed by atoms with van der Waals surface area (Å²) in [4.78, 5) is 27.2. The third-order valence-corrected chi connectivity index (χ3v) is 8.20. The van der Waals surface area contributed by atoms with Crippen LogP contribution in [-0.2, 0) is 19.6 Å². The summed E-state index contributed by atoms with van der Waals surface area (Å²) in [6.07, 6.45) is 0.0558. The second kappa shape index (κ2) is 10.1. The van der Waals surface area contributed by atoms with Gasteiger partial charge < -0.3 is 15.0 Å². The number of anilines is 2. The molecule has 2 aromatic rings. The lowest BCUT2D eigenvalue weighted by Crippen LogP contribution is -2.31. The Kier molecular flexibility index (Phi) is 7.66. The quantitative estimate of drug-likeness (QED) is 0.605. The van der Waals surface area contributed by atoms with Crippen molar-refractivity contribution < 1.29 is 22.7 Å². The maximum absolute atomic E-state index is 12.9. The molecule has 0 radical (unpaired) electrons. The Morgan fingerprint density at radius 1 is 1.21 bits per heavy atom. The molecule has 0 bridgehead atoms. The number of rotatable bonds is 8. The van der Waals surface area contributed by atoms with Gasteiger partial charge in [0.2, 0.25) is 21.8 Å². The van der Waals surface area contributed by atoms with Crippen molar-refractivity contribution in [1.29, 1.82) is 0 Å². The lowest BCUT2D eigenvalue weighted by Gasteiger charge is -2.20. The number of hydrogen-bond acceptors (Lipinski definition) is 5. The predicted molar refractivity (Wildman–Crippen MR) is 128 cm³/mol. The van der Waals surface area contributed by atoms with Crippen LogP contribution in [0.25, 0.3) is 0 Å². The zero-order chi connectivity index (χ0) is 24.3. The molecular formula is C23H28ClN3O5S. The monoisotopic (exact) mass is 493 g/mol. The van der Waals surface area contributed by atoms with E-state index in [4.69, 9.17) is 16.3 Å². The number of ether oxygens (including phenoxy) is 1. The predicted octanol–water partition coefficient (Wildman–Crippen LogP) is 3.68. The molecule has 0 aliphatic carbocycles. The van der Waals surface area contributed by atoms with Crippen molar-refractivity contribution in [2.75, 3.05) is 37.0 Å². The molecule has 1 heterocycles. The van der Waals surface area contributed by atoms with E-state index in [0.29, 0.717) is 35.2 Å². The molecule has 3 rings (SSSR count). The summed E-state index contributed by atoms with van der Waals surface area (Å²) >= 11 is 6.12. The third-order valence-electron chi connectivity index (χ3n) is 5.73. The Bertz CT molecular complexity index is 1150. The third kappa shape index (κ3) is 5.15. The maximum atomic E-state index is 12.9. The van der Waals surface area contributed by atoms with Crippen molar-refractivity contribution in [2.45, 2.75) is 32.1 Å². The molecule has 10 heteroatoms. The molecule has 2 aromatic carbocycles. The molecule has 33 heavy (non-hydrogen) atoms. The number of nitrogens with one attached hydrogen (secondary N) is 1. The van der Waals surface area contributed by atoms with E-state index in [-0.39, 0.29) is 29.7 Å². The van der Waals surface area contributed by atoms with E-state index >= 15 is 0 Å². The molecule has 0 saturated carbocycles. The van der Waals surface area contributed by atoms with Crippen molar-refractivity contribution in [1.82, 2.24) is 4.31 Å². The molecule has 0 spiro atoms. The summed E-state index contributed by atoms with van der Waals surface area (Å²) in [5.74, 6) is -0.622. The number of benzene rings is 2. The topological polar surface area (TPSA) is 96.0 Å². The largest absolute Gasteiger partial charge is 0.495 e. The van der Waals surface area contributed by atoms with Gasteiger partial charge in [-0.25, -0.2) is 8.42 Å². The highest BCUT2D eigenvalue weighted by molar-refractivity contribution is 7.89. The van der Waals surface area contributed by atoms with E-state index < -0.39 is 15.9 Å². The van der Waals surface area contributed by atoms with Crippen LogP contribution in [0.2, 0.25) is 5.02 Å². The summed E-state index contributed by atoms with van der Waals surface area (Å²) in [6, 6.07) is 9.53. The fourth-order valence-corrected chi connectivity index (χ4v) is 5.42. The van der Waals surface area contributed by atoms with Crippen LogP contribution >= 0.6 is 11.6 Å². The van der Waals surface area contributed by atoms with Crippen molar-refractivity contribution in [3.05, 3.63) is 47.0 Å². The molecule has 1 N–H and O–H groups in total. The molecule has 0 unspecified atom stereocenters. The van der Waals surface area contributed by atoms with Gasteiger partial charge in [0.15, 0.2) is 0 Å². The van der Waals surface area contributed by atoms with E-state index in [0.717, 1.165) is 5.56 Å². The van der Waals surface area contributed by atoms with Gasteiger partial charge in [0, 0.05) is 42.8 Å². The summed E-state index contributed by atoms with van der Waals surface area (Å²) in [6.45, 7) is 6.33. The van der Waals surface area contributed by atoms with Gasteiger partial charge in [-0.2, -0.15) is 4.31 Å². The van der Waals surface area contributed by atoms with Gasteiger partial charge in [-0.05, 0) is 42.8 Å². The Morgan fingerprint density at radius 2 is 1.85 bits per heavy atom. The number of aryl methyl sites for hydroxylation is 1. The smallest absolute Gasteiger partial charge is 0.243 e. The average Bonchev–Trinajstić information content (AvgIpc) is 3.18. The molecule has 1 fully saturated rings. The molecular weight excluding hydrogens is 466 g/mol. The molecule has 0 aromatic heterocycles. The summed E-state index contributed by atoms with van der Waals surface area (Å²) in [7, 11) is -2.09.